The van der Waals surface area contributed by atoms with Crippen LogP contribution in [0.1, 0.15) is 45.6 Å². The van der Waals surface area contributed by atoms with Crippen LogP contribution in [0.15, 0.2) is 30.3 Å². The fourth-order valence-electron chi connectivity index (χ4n) is 3.76. The zero-order valence-corrected chi connectivity index (χ0v) is 15.3. The fraction of sp³-hybridized carbons (Fsp3) is 0.667. The number of rotatable bonds is 8. The molecule has 0 amide bonds. The Morgan fingerprint density at radius 1 is 0.955 bits per heavy atom. The second-order valence-corrected chi connectivity index (χ2v) is 9.41. The van der Waals surface area contributed by atoms with E-state index in [1.54, 1.807) is 0 Å². The maximum absolute atomic E-state index is 6.41. The van der Waals surface area contributed by atoms with Gasteiger partial charge in [0.25, 0.3) is 0 Å². The number of hydrogen-bond donors (Lipinski definition) is 0. The molecule has 1 fully saturated rings. The predicted octanol–water partition coefficient (Wildman–Crippen LogP) is 4.24. The Morgan fingerprint density at radius 3 is 2.23 bits per heavy atom. The molecule has 0 aromatic heterocycles. The van der Waals surface area contributed by atoms with Gasteiger partial charge in [-0.3, -0.25) is 0 Å². The van der Waals surface area contributed by atoms with Gasteiger partial charge < -0.3 is 13.6 Å². The van der Waals surface area contributed by atoms with Gasteiger partial charge in [-0.05, 0) is 38.8 Å². The summed E-state index contributed by atoms with van der Waals surface area (Å²) < 4.78 is 19.1. The van der Waals surface area contributed by atoms with Crippen molar-refractivity contribution in [1.82, 2.24) is 0 Å². The average Bonchev–Trinajstić information content (AvgIpc) is 2.52. The Labute approximate surface area is 136 Å². The van der Waals surface area contributed by atoms with E-state index in [1.165, 1.54) is 18.4 Å². The quantitative estimate of drug-likeness (QED) is 0.670. The summed E-state index contributed by atoms with van der Waals surface area (Å²) in [7, 11) is -2.39. The largest absolute Gasteiger partial charge is 0.393 e. The van der Waals surface area contributed by atoms with Crippen molar-refractivity contribution in [3.8, 4) is 0 Å². The van der Waals surface area contributed by atoms with Crippen molar-refractivity contribution in [3.63, 3.8) is 0 Å². The van der Waals surface area contributed by atoms with Gasteiger partial charge in [-0.1, -0.05) is 43.2 Å². The van der Waals surface area contributed by atoms with E-state index in [0.29, 0.717) is 19.8 Å². The maximum atomic E-state index is 6.41. The van der Waals surface area contributed by atoms with Crippen LogP contribution in [0.25, 0.3) is 0 Å². The molecule has 3 nitrogen and oxygen atoms in total. The summed E-state index contributed by atoms with van der Waals surface area (Å²) in [5.74, 6) is 0. The molecule has 1 saturated heterocycles. The lowest BCUT2D eigenvalue weighted by atomic mass is 10.0. The normalized spacial score (nSPS) is 24.3. The van der Waals surface area contributed by atoms with E-state index < -0.39 is 8.56 Å². The van der Waals surface area contributed by atoms with Crippen LogP contribution < -0.4 is 0 Å². The van der Waals surface area contributed by atoms with Crippen molar-refractivity contribution < 1.29 is 13.6 Å². The minimum absolute atomic E-state index is 0.257. The summed E-state index contributed by atoms with van der Waals surface area (Å²) in [6.07, 6.45) is 4.33. The van der Waals surface area contributed by atoms with Gasteiger partial charge in [0.15, 0.2) is 0 Å². The Hall–Kier alpha value is -0.683. The van der Waals surface area contributed by atoms with Crippen LogP contribution in [-0.4, -0.2) is 33.6 Å². The van der Waals surface area contributed by atoms with Gasteiger partial charge in [0.05, 0.1) is 0 Å². The Bertz CT molecular complexity index is 422. The molecule has 1 unspecified atom stereocenters. The SMILES string of the molecule is CCOC1(Cc2ccccc2)CCCC[Si]1(OCC)OCC. The van der Waals surface area contributed by atoms with E-state index in [4.69, 9.17) is 13.6 Å². The highest BCUT2D eigenvalue weighted by Crippen LogP contribution is 2.43. The summed E-state index contributed by atoms with van der Waals surface area (Å²) in [5.41, 5.74) is 1.31. The summed E-state index contributed by atoms with van der Waals surface area (Å²) in [5, 5.41) is -0.257. The fourth-order valence-corrected chi connectivity index (χ4v) is 8.16. The number of hydrogen-bond acceptors (Lipinski definition) is 3. The molecular weight excluding hydrogens is 292 g/mol. The third-order valence-electron chi connectivity index (χ3n) is 4.54. The third kappa shape index (κ3) is 3.62. The zero-order valence-electron chi connectivity index (χ0n) is 14.3. The molecule has 1 heterocycles. The van der Waals surface area contributed by atoms with E-state index in [1.807, 2.05) is 0 Å². The van der Waals surface area contributed by atoms with Crippen LogP contribution in [0.2, 0.25) is 6.04 Å². The third-order valence-corrected chi connectivity index (χ3v) is 9.02. The first-order valence-corrected chi connectivity index (χ1v) is 10.7. The van der Waals surface area contributed by atoms with Crippen LogP contribution in [0, 0.1) is 0 Å². The summed E-state index contributed by atoms with van der Waals surface area (Å²) >= 11 is 0. The lowest BCUT2D eigenvalue weighted by Crippen LogP contribution is -2.67. The molecule has 0 radical (unpaired) electrons. The summed E-state index contributed by atoms with van der Waals surface area (Å²) in [6.45, 7) is 8.34. The topological polar surface area (TPSA) is 27.7 Å². The molecule has 0 bridgehead atoms. The highest BCUT2D eigenvalue weighted by molar-refractivity contribution is 6.70. The summed E-state index contributed by atoms with van der Waals surface area (Å²) in [4.78, 5) is 0. The van der Waals surface area contributed by atoms with Crippen LogP contribution in [0.5, 0.6) is 0 Å². The minimum Gasteiger partial charge on any atom is -0.393 e. The molecule has 2 rings (SSSR count). The van der Waals surface area contributed by atoms with Gasteiger partial charge in [0, 0.05) is 26.2 Å². The molecule has 0 aliphatic carbocycles. The second kappa shape index (κ2) is 8.25. The van der Waals surface area contributed by atoms with Crippen molar-refractivity contribution in [2.45, 2.75) is 57.7 Å². The summed E-state index contributed by atoms with van der Waals surface area (Å²) in [6, 6.07) is 11.7. The zero-order chi connectivity index (χ0) is 15.9. The number of benzene rings is 1. The van der Waals surface area contributed by atoms with E-state index in [0.717, 1.165) is 18.9 Å². The molecule has 22 heavy (non-hydrogen) atoms. The van der Waals surface area contributed by atoms with Gasteiger partial charge in [0.2, 0.25) is 0 Å². The predicted molar refractivity (Wildman–Crippen MR) is 92.2 cm³/mol. The first-order chi connectivity index (χ1) is 10.7. The lowest BCUT2D eigenvalue weighted by Gasteiger charge is -2.49. The van der Waals surface area contributed by atoms with E-state index in [2.05, 4.69) is 51.1 Å². The maximum Gasteiger partial charge on any atom is 0.371 e. The van der Waals surface area contributed by atoms with Crippen molar-refractivity contribution in [2.75, 3.05) is 19.8 Å². The van der Waals surface area contributed by atoms with Crippen LogP contribution in [0.3, 0.4) is 0 Å². The molecule has 1 aliphatic heterocycles. The molecule has 0 saturated carbocycles. The van der Waals surface area contributed by atoms with Gasteiger partial charge in [0.1, 0.15) is 5.22 Å². The van der Waals surface area contributed by atoms with Crippen molar-refractivity contribution in [1.29, 1.82) is 0 Å². The Balaban J connectivity index is 2.37. The van der Waals surface area contributed by atoms with Crippen LogP contribution in [0.4, 0.5) is 0 Å². The molecule has 1 aromatic rings. The highest BCUT2D eigenvalue weighted by Gasteiger charge is 2.59. The van der Waals surface area contributed by atoms with E-state index in [-0.39, 0.29) is 5.22 Å². The van der Waals surface area contributed by atoms with E-state index >= 15 is 0 Å². The Morgan fingerprint density at radius 2 is 1.64 bits per heavy atom. The van der Waals surface area contributed by atoms with Gasteiger partial charge in [-0.2, -0.15) is 0 Å². The van der Waals surface area contributed by atoms with Crippen molar-refractivity contribution >= 4 is 8.56 Å². The molecule has 4 heteroatoms. The van der Waals surface area contributed by atoms with Crippen molar-refractivity contribution in [3.05, 3.63) is 35.9 Å². The second-order valence-electron chi connectivity index (χ2n) is 5.92. The highest BCUT2D eigenvalue weighted by atomic mass is 28.4. The van der Waals surface area contributed by atoms with Crippen molar-refractivity contribution in [2.24, 2.45) is 0 Å². The molecular formula is C18H30O3Si. The van der Waals surface area contributed by atoms with Gasteiger partial charge in [-0.15, -0.1) is 0 Å². The molecule has 1 aliphatic rings. The van der Waals surface area contributed by atoms with E-state index in [9.17, 15) is 0 Å². The van der Waals surface area contributed by atoms with Crippen LogP contribution in [-0.2, 0) is 20.0 Å². The molecule has 1 aromatic carbocycles. The van der Waals surface area contributed by atoms with Crippen LogP contribution >= 0.6 is 0 Å². The molecule has 124 valence electrons. The van der Waals surface area contributed by atoms with Gasteiger partial charge >= 0.3 is 8.56 Å². The average molecular weight is 323 g/mol. The monoisotopic (exact) mass is 322 g/mol. The lowest BCUT2D eigenvalue weighted by molar-refractivity contribution is -0.0402. The molecule has 0 N–H and O–H groups in total. The smallest absolute Gasteiger partial charge is 0.371 e. The first-order valence-electron chi connectivity index (χ1n) is 8.67. The minimum atomic E-state index is -2.39. The molecule has 1 atom stereocenters. The standard InChI is InChI=1S/C18H30O3Si/c1-4-19-18(16-17-12-8-7-9-13-17)14-10-11-15-22(18,20-5-2)21-6-3/h7-9,12-13H,4-6,10-11,14-16H2,1-3H3. The van der Waals surface area contributed by atoms with Gasteiger partial charge in [-0.25, -0.2) is 0 Å². The molecule has 0 spiro atoms. The first kappa shape index (κ1) is 17.7. The number of ether oxygens (including phenoxy) is 1. The Kier molecular flexibility index (Phi) is 6.62.